The Morgan fingerprint density at radius 3 is 0.727 bits per heavy atom. The molecule has 0 aromatic rings. The third-order valence-electron chi connectivity index (χ3n) is 7.26. The quantitative estimate of drug-likeness (QED) is 0.118. The van der Waals surface area contributed by atoms with E-state index in [1.54, 1.807) is 0 Å². The summed E-state index contributed by atoms with van der Waals surface area (Å²) in [7, 11) is 9.79. The largest absolute Gasteiger partial charge is 1.00 e. The van der Waals surface area contributed by atoms with Crippen LogP contribution in [0.15, 0.2) is 0 Å². The highest BCUT2D eigenvalue weighted by molar-refractivity contribution is 4.49. The van der Waals surface area contributed by atoms with Crippen LogP contribution in [0.4, 0.5) is 0 Å². The molecule has 0 saturated heterocycles. The second-order valence-electron chi connectivity index (χ2n) is 11.8. The summed E-state index contributed by atoms with van der Waals surface area (Å²) in [4.78, 5) is 0. The second kappa shape index (κ2) is 26.0. The van der Waals surface area contributed by atoms with Crippen LogP contribution in [-0.4, -0.2) is 63.3 Å². The maximum Gasteiger partial charge on any atom is 0.0782 e. The first kappa shape index (κ1) is 38.4. The summed E-state index contributed by atoms with van der Waals surface area (Å²) in [6.07, 6.45) is 27.2. The van der Waals surface area contributed by atoms with Gasteiger partial charge in [-0.15, -0.1) is 0 Å². The van der Waals surface area contributed by atoms with Crippen LogP contribution in [0.3, 0.4) is 0 Å². The highest BCUT2D eigenvalue weighted by Crippen LogP contribution is 2.13. The van der Waals surface area contributed by atoms with Crippen molar-refractivity contribution in [3.63, 3.8) is 0 Å². The van der Waals surface area contributed by atoms with Gasteiger partial charge in [0.15, 0.2) is 0 Å². The topological polar surface area (TPSA) is 0 Å². The molecule has 0 bridgehead atoms. The molecular formula is C29H64Br2N2. The molecule has 33 heavy (non-hydrogen) atoms. The highest BCUT2D eigenvalue weighted by atomic mass is 79.9. The van der Waals surface area contributed by atoms with Gasteiger partial charge < -0.3 is 42.9 Å². The Hall–Kier alpha value is 0.880. The van der Waals surface area contributed by atoms with Crippen LogP contribution in [0.25, 0.3) is 0 Å². The molecule has 204 valence electrons. The lowest BCUT2D eigenvalue weighted by atomic mass is 10.1. The molecule has 0 fully saturated rings. The van der Waals surface area contributed by atoms with Gasteiger partial charge in [-0.05, 0) is 44.9 Å². The molecule has 0 aliphatic rings. The SMILES string of the molecule is CCCCCCCCCC[N+](C)(C)CCCCC[N+](C)(C)CCCCCCCCCC.[Br-].[Br-]. The predicted octanol–water partition coefficient (Wildman–Crippen LogP) is 2.60. The van der Waals surface area contributed by atoms with E-state index in [0.717, 1.165) is 0 Å². The van der Waals surface area contributed by atoms with Crippen LogP contribution in [0.1, 0.15) is 136 Å². The summed E-state index contributed by atoms with van der Waals surface area (Å²) in [6.45, 7) is 10.1. The van der Waals surface area contributed by atoms with Crippen molar-refractivity contribution in [1.82, 2.24) is 0 Å². The zero-order valence-electron chi connectivity index (χ0n) is 23.9. The number of hydrogen-bond acceptors (Lipinski definition) is 0. The van der Waals surface area contributed by atoms with Crippen molar-refractivity contribution in [3.8, 4) is 0 Å². The van der Waals surface area contributed by atoms with E-state index < -0.39 is 0 Å². The maximum atomic E-state index is 2.45. The van der Waals surface area contributed by atoms with Crippen molar-refractivity contribution in [1.29, 1.82) is 0 Å². The van der Waals surface area contributed by atoms with Gasteiger partial charge in [0.25, 0.3) is 0 Å². The van der Waals surface area contributed by atoms with Gasteiger partial charge in [-0.2, -0.15) is 0 Å². The molecule has 0 aliphatic heterocycles. The van der Waals surface area contributed by atoms with Crippen molar-refractivity contribution >= 4 is 0 Å². The Balaban J connectivity index is -0.00000450. The molecule has 0 unspecified atom stereocenters. The molecule has 0 aromatic carbocycles. The number of hydrogen-bond donors (Lipinski definition) is 0. The van der Waals surface area contributed by atoms with Gasteiger partial charge in [0.1, 0.15) is 0 Å². The zero-order chi connectivity index (χ0) is 23.3. The summed E-state index contributed by atoms with van der Waals surface area (Å²) in [5.74, 6) is 0. The molecular weight excluding hydrogens is 536 g/mol. The normalized spacial score (nSPS) is 11.8. The molecule has 0 atom stereocenters. The number of rotatable bonds is 24. The van der Waals surface area contributed by atoms with Crippen molar-refractivity contribution in [2.45, 2.75) is 136 Å². The molecule has 2 nitrogen and oxygen atoms in total. The standard InChI is InChI=1S/C29H64N2.2BrH/c1-7-9-11-13-15-17-19-22-26-30(3,4)28-24-21-25-29-31(5,6)27-23-20-18-16-14-12-10-8-2;;/h7-29H2,1-6H3;2*1H/q+2;;/p-2. The number of unbranched alkanes of at least 4 members (excludes halogenated alkanes) is 16. The Morgan fingerprint density at radius 2 is 0.485 bits per heavy atom. The van der Waals surface area contributed by atoms with E-state index >= 15 is 0 Å². The number of quaternary nitrogens is 2. The number of nitrogens with zero attached hydrogens (tertiary/aromatic N) is 2. The minimum absolute atomic E-state index is 0. The Labute approximate surface area is 232 Å². The van der Waals surface area contributed by atoms with E-state index in [4.69, 9.17) is 0 Å². The summed E-state index contributed by atoms with van der Waals surface area (Å²) in [5.41, 5.74) is 0. The lowest BCUT2D eigenvalue weighted by molar-refractivity contribution is -0.892. The van der Waals surface area contributed by atoms with Crippen LogP contribution in [0, 0.1) is 0 Å². The van der Waals surface area contributed by atoms with Crippen molar-refractivity contribution in [3.05, 3.63) is 0 Å². The molecule has 0 heterocycles. The molecule has 0 N–H and O–H groups in total. The van der Waals surface area contributed by atoms with E-state index in [1.165, 1.54) is 157 Å². The minimum Gasteiger partial charge on any atom is -1.00 e. The third kappa shape index (κ3) is 29.0. The molecule has 0 saturated carbocycles. The van der Waals surface area contributed by atoms with Gasteiger partial charge in [0.05, 0.1) is 54.4 Å². The van der Waals surface area contributed by atoms with Crippen LogP contribution in [0.2, 0.25) is 0 Å². The lowest BCUT2D eigenvalue weighted by Crippen LogP contribution is -3.00. The monoisotopic (exact) mass is 598 g/mol. The average molecular weight is 601 g/mol. The van der Waals surface area contributed by atoms with Crippen LogP contribution in [-0.2, 0) is 0 Å². The minimum atomic E-state index is 0. The molecule has 0 radical (unpaired) electrons. The van der Waals surface area contributed by atoms with Crippen molar-refractivity contribution < 1.29 is 42.9 Å². The van der Waals surface area contributed by atoms with Gasteiger partial charge >= 0.3 is 0 Å². The van der Waals surface area contributed by atoms with Crippen LogP contribution < -0.4 is 34.0 Å². The molecule has 0 aromatic heterocycles. The fraction of sp³-hybridized carbons (Fsp3) is 1.00. The zero-order valence-corrected chi connectivity index (χ0v) is 27.1. The Bertz CT molecular complexity index is 339. The summed E-state index contributed by atoms with van der Waals surface area (Å²) >= 11 is 0. The van der Waals surface area contributed by atoms with Gasteiger partial charge in [-0.1, -0.05) is 90.9 Å². The van der Waals surface area contributed by atoms with Gasteiger partial charge in [0, 0.05) is 0 Å². The summed E-state index contributed by atoms with van der Waals surface area (Å²) in [5, 5.41) is 0. The first-order valence-corrected chi connectivity index (χ1v) is 14.5. The maximum absolute atomic E-state index is 2.45. The third-order valence-corrected chi connectivity index (χ3v) is 7.26. The van der Waals surface area contributed by atoms with Gasteiger partial charge in [-0.25, -0.2) is 0 Å². The van der Waals surface area contributed by atoms with E-state index in [9.17, 15) is 0 Å². The molecule has 0 spiro atoms. The van der Waals surface area contributed by atoms with E-state index in [2.05, 4.69) is 42.0 Å². The highest BCUT2D eigenvalue weighted by Gasteiger charge is 2.16. The van der Waals surface area contributed by atoms with E-state index in [-0.39, 0.29) is 34.0 Å². The predicted molar refractivity (Wildman–Crippen MR) is 143 cm³/mol. The van der Waals surface area contributed by atoms with E-state index in [0.29, 0.717) is 0 Å². The first-order valence-electron chi connectivity index (χ1n) is 14.5. The Morgan fingerprint density at radius 1 is 0.303 bits per heavy atom. The molecule has 0 aliphatic carbocycles. The smallest absolute Gasteiger partial charge is 0.0782 e. The summed E-state index contributed by atoms with van der Waals surface area (Å²) in [6, 6.07) is 0. The summed E-state index contributed by atoms with van der Waals surface area (Å²) < 4.78 is 2.46. The van der Waals surface area contributed by atoms with Crippen LogP contribution >= 0.6 is 0 Å². The molecule has 0 rings (SSSR count). The van der Waals surface area contributed by atoms with Crippen molar-refractivity contribution in [2.24, 2.45) is 0 Å². The molecule has 4 heteroatoms. The van der Waals surface area contributed by atoms with Crippen molar-refractivity contribution in [2.75, 3.05) is 54.4 Å². The Kier molecular flexibility index (Phi) is 30.2. The first-order chi connectivity index (χ1) is 14.8. The molecule has 0 amide bonds. The average Bonchev–Trinajstić information content (AvgIpc) is 2.71. The number of halogens is 2. The fourth-order valence-corrected chi connectivity index (χ4v) is 4.83. The van der Waals surface area contributed by atoms with Gasteiger partial charge in [-0.3, -0.25) is 0 Å². The van der Waals surface area contributed by atoms with Crippen LogP contribution in [0.5, 0.6) is 0 Å². The lowest BCUT2D eigenvalue weighted by Gasteiger charge is -2.31. The van der Waals surface area contributed by atoms with E-state index in [1.807, 2.05) is 0 Å². The fourth-order valence-electron chi connectivity index (χ4n) is 4.83. The van der Waals surface area contributed by atoms with Gasteiger partial charge in [0.2, 0.25) is 0 Å². The second-order valence-corrected chi connectivity index (χ2v) is 11.8.